The first-order valence-electron chi connectivity index (χ1n) is 10.6. The number of fused-ring (bicyclic) bond motifs is 1. The summed E-state index contributed by atoms with van der Waals surface area (Å²) in [5.41, 5.74) is 5.01. The van der Waals surface area contributed by atoms with Crippen molar-refractivity contribution in [1.82, 2.24) is 19.9 Å². The highest BCUT2D eigenvalue weighted by Gasteiger charge is 2.19. The number of nitrogens with one attached hydrogen (secondary N) is 2. The lowest BCUT2D eigenvalue weighted by Gasteiger charge is -2.12. The maximum absolute atomic E-state index is 13.0. The lowest BCUT2D eigenvalue weighted by molar-refractivity contribution is 0.0953. The van der Waals surface area contributed by atoms with Gasteiger partial charge in [-0.2, -0.15) is 5.10 Å². The monoisotopic (exact) mass is 427 g/mol. The highest BCUT2D eigenvalue weighted by molar-refractivity contribution is 6.11. The number of aryl methyl sites for hydroxylation is 2. The van der Waals surface area contributed by atoms with E-state index in [2.05, 4.69) is 20.7 Å². The van der Waals surface area contributed by atoms with Crippen LogP contribution in [0.1, 0.15) is 50.8 Å². The van der Waals surface area contributed by atoms with E-state index in [1.165, 1.54) is 6.33 Å². The maximum atomic E-state index is 13.0. The van der Waals surface area contributed by atoms with Crippen LogP contribution in [0.25, 0.3) is 5.52 Å². The SMILES string of the molecule is CCCNC(=O)c1ccc(C)c(Nc2ncnn3cc(C(=O)c4ccccc4)c(C)c23)c1. The molecule has 0 atom stereocenters. The second kappa shape index (κ2) is 9.01. The van der Waals surface area contributed by atoms with Crippen LogP contribution in [0.3, 0.4) is 0 Å². The molecular formula is C25H25N5O2. The highest BCUT2D eigenvalue weighted by Crippen LogP contribution is 2.28. The van der Waals surface area contributed by atoms with Crippen LogP contribution in [-0.4, -0.2) is 32.8 Å². The Morgan fingerprint density at radius 3 is 2.56 bits per heavy atom. The molecule has 0 radical (unpaired) electrons. The molecule has 0 unspecified atom stereocenters. The normalized spacial score (nSPS) is 10.8. The molecule has 1 amide bonds. The predicted octanol–water partition coefficient (Wildman–Crippen LogP) is 4.46. The molecule has 2 aromatic heterocycles. The van der Waals surface area contributed by atoms with Crippen LogP contribution in [-0.2, 0) is 0 Å². The topological polar surface area (TPSA) is 88.4 Å². The number of carbonyl (C=O) groups excluding carboxylic acids is 2. The number of rotatable bonds is 7. The Morgan fingerprint density at radius 2 is 1.81 bits per heavy atom. The van der Waals surface area contributed by atoms with Gasteiger partial charge in [0, 0.05) is 35.1 Å². The fraction of sp³-hybridized carbons (Fsp3) is 0.200. The third kappa shape index (κ3) is 4.09. The molecule has 4 rings (SSSR count). The van der Waals surface area contributed by atoms with Gasteiger partial charge in [-0.05, 0) is 43.5 Å². The molecule has 0 aliphatic heterocycles. The fourth-order valence-electron chi connectivity index (χ4n) is 3.59. The minimum Gasteiger partial charge on any atom is -0.352 e. The van der Waals surface area contributed by atoms with E-state index in [-0.39, 0.29) is 11.7 Å². The number of benzene rings is 2. The van der Waals surface area contributed by atoms with Gasteiger partial charge in [0.25, 0.3) is 5.91 Å². The van der Waals surface area contributed by atoms with Gasteiger partial charge in [0.05, 0.1) is 0 Å². The van der Waals surface area contributed by atoms with E-state index in [9.17, 15) is 9.59 Å². The molecule has 0 bridgehead atoms. The van der Waals surface area contributed by atoms with E-state index in [0.717, 1.165) is 23.2 Å². The Balaban J connectivity index is 1.71. The molecule has 0 saturated carbocycles. The number of ketones is 1. The van der Waals surface area contributed by atoms with Crippen LogP contribution >= 0.6 is 0 Å². The van der Waals surface area contributed by atoms with E-state index in [0.29, 0.717) is 34.6 Å². The summed E-state index contributed by atoms with van der Waals surface area (Å²) in [5, 5.41) is 10.5. The van der Waals surface area contributed by atoms with Crippen molar-refractivity contribution in [3.05, 3.63) is 88.9 Å². The molecule has 7 heteroatoms. The van der Waals surface area contributed by atoms with Crippen LogP contribution in [0.15, 0.2) is 61.1 Å². The van der Waals surface area contributed by atoms with E-state index in [1.807, 2.05) is 51.1 Å². The number of amides is 1. The largest absolute Gasteiger partial charge is 0.352 e. The smallest absolute Gasteiger partial charge is 0.251 e. The summed E-state index contributed by atoms with van der Waals surface area (Å²) in [4.78, 5) is 29.9. The van der Waals surface area contributed by atoms with Gasteiger partial charge in [0.15, 0.2) is 11.6 Å². The molecule has 32 heavy (non-hydrogen) atoms. The van der Waals surface area contributed by atoms with E-state index in [1.54, 1.807) is 28.9 Å². The van der Waals surface area contributed by atoms with Gasteiger partial charge in [-0.25, -0.2) is 9.50 Å². The standard InChI is InChI=1S/C25H25N5O2/c1-4-12-26-25(32)19-11-10-16(2)21(13-19)29-24-22-17(3)20(14-30(22)28-15-27-24)23(31)18-8-6-5-7-9-18/h5-11,13-15H,4,12H2,1-3H3,(H,26,32)(H,27,28,29). The number of nitrogens with zero attached hydrogens (tertiary/aromatic N) is 3. The van der Waals surface area contributed by atoms with Gasteiger partial charge < -0.3 is 10.6 Å². The first-order chi connectivity index (χ1) is 15.5. The Morgan fingerprint density at radius 1 is 1.03 bits per heavy atom. The first kappa shape index (κ1) is 21.2. The third-order valence-corrected chi connectivity index (χ3v) is 5.40. The second-order valence-corrected chi connectivity index (χ2v) is 7.68. The van der Waals surface area contributed by atoms with E-state index in [4.69, 9.17) is 0 Å². The molecule has 0 aliphatic carbocycles. The number of hydrogen-bond donors (Lipinski definition) is 2. The lowest BCUT2D eigenvalue weighted by atomic mass is 10.0. The van der Waals surface area contributed by atoms with Crippen molar-refractivity contribution in [3.63, 3.8) is 0 Å². The average Bonchev–Trinajstić information content (AvgIpc) is 3.16. The van der Waals surface area contributed by atoms with Gasteiger partial charge in [-0.3, -0.25) is 9.59 Å². The Bertz CT molecular complexity index is 1290. The van der Waals surface area contributed by atoms with Crippen molar-refractivity contribution in [2.45, 2.75) is 27.2 Å². The van der Waals surface area contributed by atoms with Crippen molar-refractivity contribution in [1.29, 1.82) is 0 Å². The van der Waals surface area contributed by atoms with Crippen LogP contribution < -0.4 is 10.6 Å². The van der Waals surface area contributed by atoms with Gasteiger partial charge in [0.2, 0.25) is 0 Å². The maximum Gasteiger partial charge on any atom is 0.251 e. The zero-order valence-corrected chi connectivity index (χ0v) is 18.3. The number of aromatic nitrogens is 3. The summed E-state index contributed by atoms with van der Waals surface area (Å²) < 4.78 is 1.66. The summed E-state index contributed by atoms with van der Waals surface area (Å²) in [7, 11) is 0. The summed E-state index contributed by atoms with van der Waals surface area (Å²) in [6.45, 7) is 6.49. The molecule has 162 valence electrons. The van der Waals surface area contributed by atoms with Crippen molar-refractivity contribution in [3.8, 4) is 0 Å². The zero-order valence-electron chi connectivity index (χ0n) is 18.3. The average molecular weight is 428 g/mol. The first-order valence-corrected chi connectivity index (χ1v) is 10.6. The minimum atomic E-state index is -0.114. The highest BCUT2D eigenvalue weighted by atomic mass is 16.1. The third-order valence-electron chi connectivity index (χ3n) is 5.40. The molecule has 2 N–H and O–H groups in total. The van der Waals surface area contributed by atoms with Crippen LogP contribution in [0.4, 0.5) is 11.5 Å². The van der Waals surface area contributed by atoms with E-state index < -0.39 is 0 Å². The van der Waals surface area contributed by atoms with Gasteiger partial charge >= 0.3 is 0 Å². The van der Waals surface area contributed by atoms with Crippen LogP contribution in [0.2, 0.25) is 0 Å². The summed E-state index contributed by atoms with van der Waals surface area (Å²) in [6, 6.07) is 14.7. The molecule has 0 saturated heterocycles. The summed E-state index contributed by atoms with van der Waals surface area (Å²) in [6.07, 6.45) is 4.05. The van der Waals surface area contributed by atoms with Crippen LogP contribution in [0.5, 0.6) is 0 Å². The van der Waals surface area contributed by atoms with E-state index >= 15 is 0 Å². The van der Waals surface area contributed by atoms with Gasteiger partial charge in [-0.1, -0.05) is 43.3 Å². The summed E-state index contributed by atoms with van der Waals surface area (Å²) in [5.74, 6) is 0.390. The molecular weight excluding hydrogens is 402 g/mol. The Labute approximate surface area is 186 Å². The zero-order chi connectivity index (χ0) is 22.7. The molecule has 2 aromatic carbocycles. The van der Waals surface area contributed by atoms with Gasteiger partial charge in [-0.15, -0.1) is 0 Å². The molecule has 0 fully saturated rings. The minimum absolute atomic E-state index is 0.0645. The van der Waals surface area contributed by atoms with Crippen molar-refractivity contribution in [2.24, 2.45) is 0 Å². The molecule has 7 nitrogen and oxygen atoms in total. The molecule has 4 aromatic rings. The fourth-order valence-corrected chi connectivity index (χ4v) is 3.59. The molecule has 0 spiro atoms. The number of carbonyl (C=O) groups is 2. The van der Waals surface area contributed by atoms with Crippen molar-refractivity contribution in [2.75, 3.05) is 11.9 Å². The summed E-state index contributed by atoms with van der Waals surface area (Å²) >= 11 is 0. The predicted molar refractivity (Wildman–Crippen MR) is 125 cm³/mol. The quantitative estimate of drug-likeness (QED) is 0.425. The molecule has 2 heterocycles. The Hall–Kier alpha value is -4.00. The lowest BCUT2D eigenvalue weighted by Crippen LogP contribution is -2.24. The number of hydrogen-bond acceptors (Lipinski definition) is 5. The Kier molecular flexibility index (Phi) is 5.98. The van der Waals surface area contributed by atoms with Crippen LogP contribution in [0, 0.1) is 13.8 Å². The van der Waals surface area contributed by atoms with Crippen molar-refractivity contribution < 1.29 is 9.59 Å². The molecule has 0 aliphatic rings. The van der Waals surface area contributed by atoms with Crippen molar-refractivity contribution >= 4 is 28.7 Å². The number of anilines is 2. The van der Waals surface area contributed by atoms with Gasteiger partial charge in [0.1, 0.15) is 11.8 Å². The second-order valence-electron chi connectivity index (χ2n) is 7.68.